The van der Waals surface area contributed by atoms with Crippen molar-refractivity contribution in [1.82, 2.24) is 15.0 Å². The van der Waals surface area contributed by atoms with E-state index in [9.17, 15) is 0 Å². The van der Waals surface area contributed by atoms with Gasteiger partial charge in [0.15, 0.2) is 11.6 Å². The molecule has 0 aliphatic carbocycles. The highest BCUT2D eigenvalue weighted by atomic mass is 16.5. The van der Waals surface area contributed by atoms with E-state index in [1.54, 1.807) is 12.4 Å². The molecule has 30 heavy (non-hydrogen) atoms. The van der Waals surface area contributed by atoms with Crippen molar-refractivity contribution in [2.45, 2.75) is 13.0 Å². The molecule has 0 saturated carbocycles. The summed E-state index contributed by atoms with van der Waals surface area (Å²) < 4.78 is 6.15. The molecule has 0 unspecified atom stereocenters. The van der Waals surface area contributed by atoms with Gasteiger partial charge in [0.25, 0.3) is 0 Å². The molecule has 5 heteroatoms. The summed E-state index contributed by atoms with van der Waals surface area (Å²) >= 11 is 0. The largest absolute Gasteiger partial charge is 0.487 e. The van der Waals surface area contributed by atoms with E-state index in [0.717, 1.165) is 40.8 Å². The fourth-order valence-corrected chi connectivity index (χ4v) is 3.86. The fourth-order valence-electron chi connectivity index (χ4n) is 3.86. The molecule has 1 aromatic carbocycles. The van der Waals surface area contributed by atoms with Crippen LogP contribution in [-0.4, -0.2) is 28.1 Å². The second-order valence-corrected chi connectivity index (χ2v) is 7.27. The third kappa shape index (κ3) is 3.39. The lowest BCUT2D eigenvalue weighted by molar-refractivity contribution is 0.300. The number of hydrogen-bond acceptors (Lipinski definition) is 5. The van der Waals surface area contributed by atoms with Gasteiger partial charge in [0, 0.05) is 18.0 Å². The molecule has 0 fully saturated rings. The summed E-state index contributed by atoms with van der Waals surface area (Å²) in [4.78, 5) is 16.4. The first-order chi connectivity index (χ1) is 14.8. The summed E-state index contributed by atoms with van der Waals surface area (Å²) in [5, 5.41) is 0. The van der Waals surface area contributed by atoms with Crippen LogP contribution in [0.2, 0.25) is 0 Å². The number of fused-ring (bicyclic) bond motifs is 1. The molecule has 0 saturated heterocycles. The first kappa shape index (κ1) is 18.3. The van der Waals surface area contributed by atoms with Gasteiger partial charge in [-0.2, -0.15) is 0 Å². The minimum atomic E-state index is 0.164. The van der Waals surface area contributed by atoms with Gasteiger partial charge in [0.05, 0.1) is 29.7 Å². The van der Waals surface area contributed by atoms with E-state index in [-0.39, 0.29) is 6.04 Å². The van der Waals surface area contributed by atoms with Crippen molar-refractivity contribution < 1.29 is 4.74 Å². The molecule has 0 spiro atoms. The zero-order valence-electron chi connectivity index (χ0n) is 16.8. The average molecular weight is 394 g/mol. The third-order valence-electron chi connectivity index (χ3n) is 5.42. The summed E-state index contributed by atoms with van der Waals surface area (Å²) in [5.74, 6) is 1.61. The number of ether oxygens (including phenoxy) is 1. The number of aromatic nitrogens is 3. The Bertz CT molecular complexity index is 1130. The maximum Gasteiger partial charge on any atom is 0.173 e. The molecule has 0 bridgehead atoms. The van der Waals surface area contributed by atoms with Crippen molar-refractivity contribution >= 4 is 5.82 Å². The van der Waals surface area contributed by atoms with E-state index in [1.165, 1.54) is 5.56 Å². The van der Waals surface area contributed by atoms with Gasteiger partial charge in [0.2, 0.25) is 0 Å². The van der Waals surface area contributed by atoms with Crippen molar-refractivity contribution in [1.29, 1.82) is 0 Å². The quantitative estimate of drug-likeness (QED) is 0.478. The van der Waals surface area contributed by atoms with E-state index >= 15 is 0 Å². The van der Waals surface area contributed by atoms with Crippen LogP contribution in [-0.2, 0) is 0 Å². The van der Waals surface area contributed by atoms with Crippen molar-refractivity contribution in [3.8, 4) is 28.4 Å². The van der Waals surface area contributed by atoms with Crippen molar-refractivity contribution in [3.05, 3.63) is 90.8 Å². The van der Waals surface area contributed by atoms with Crippen LogP contribution in [0.4, 0.5) is 5.82 Å². The third-order valence-corrected chi connectivity index (χ3v) is 5.42. The maximum absolute atomic E-state index is 6.15. The van der Waals surface area contributed by atoms with E-state index in [0.29, 0.717) is 6.61 Å². The molecule has 3 aromatic heterocycles. The topological polar surface area (TPSA) is 51.1 Å². The Morgan fingerprint density at radius 2 is 1.53 bits per heavy atom. The van der Waals surface area contributed by atoms with Gasteiger partial charge >= 0.3 is 0 Å². The minimum absolute atomic E-state index is 0.164. The van der Waals surface area contributed by atoms with Gasteiger partial charge in [-0.15, -0.1) is 0 Å². The predicted molar refractivity (Wildman–Crippen MR) is 118 cm³/mol. The van der Waals surface area contributed by atoms with Crippen molar-refractivity contribution in [2.75, 3.05) is 18.1 Å². The summed E-state index contributed by atoms with van der Waals surface area (Å²) in [6.45, 7) is 3.58. The number of rotatable bonds is 4. The van der Waals surface area contributed by atoms with Crippen LogP contribution < -0.4 is 9.64 Å². The van der Waals surface area contributed by atoms with Gasteiger partial charge < -0.3 is 9.64 Å². The van der Waals surface area contributed by atoms with E-state index < -0.39 is 0 Å². The SMILES string of the molecule is C[C@@H](c1ccccc1)N1CCOc2c(-c3ccccn3)cc(-c3ccccn3)nc21. The molecule has 4 heterocycles. The predicted octanol–water partition coefficient (Wildman–Crippen LogP) is 5.17. The Kier molecular flexibility index (Phi) is 4.85. The molecule has 0 N–H and O–H groups in total. The molecule has 1 aliphatic heterocycles. The Morgan fingerprint density at radius 3 is 2.23 bits per heavy atom. The fraction of sp³-hybridized carbons (Fsp3) is 0.160. The van der Waals surface area contributed by atoms with Crippen molar-refractivity contribution in [2.24, 2.45) is 0 Å². The zero-order chi connectivity index (χ0) is 20.3. The molecule has 4 aromatic rings. The zero-order valence-corrected chi connectivity index (χ0v) is 16.8. The number of hydrogen-bond donors (Lipinski definition) is 0. The lowest BCUT2D eigenvalue weighted by Crippen LogP contribution is -2.36. The number of anilines is 1. The lowest BCUT2D eigenvalue weighted by atomic mass is 10.0. The second-order valence-electron chi connectivity index (χ2n) is 7.27. The highest BCUT2D eigenvalue weighted by molar-refractivity contribution is 5.80. The van der Waals surface area contributed by atoms with Crippen LogP contribution in [0.15, 0.2) is 85.2 Å². The van der Waals surface area contributed by atoms with Gasteiger partial charge in [-0.3, -0.25) is 9.97 Å². The number of pyridine rings is 3. The standard InChI is InChI=1S/C25H22N4O/c1-18(19-9-3-2-4-10-19)29-15-16-30-24-20(21-11-5-7-13-26-21)17-23(28-25(24)29)22-12-6-8-14-27-22/h2-14,17-18H,15-16H2,1H3/t18-/m0/s1. The molecule has 5 nitrogen and oxygen atoms in total. The summed E-state index contributed by atoms with van der Waals surface area (Å²) in [6.07, 6.45) is 3.59. The highest BCUT2D eigenvalue weighted by Gasteiger charge is 2.29. The Labute approximate surface area is 176 Å². The smallest absolute Gasteiger partial charge is 0.173 e. The Hall–Kier alpha value is -3.73. The Balaban J connectivity index is 1.69. The van der Waals surface area contributed by atoms with Crippen LogP contribution >= 0.6 is 0 Å². The number of nitrogens with zero attached hydrogens (tertiary/aromatic N) is 4. The average Bonchev–Trinajstić information content (AvgIpc) is 2.84. The highest BCUT2D eigenvalue weighted by Crippen LogP contribution is 2.43. The van der Waals surface area contributed by atoms with Gasteiger partial charge in [0.1, 0.15) is 6.61 Å². The normalized spacial score (nSPS) is 14.0. The van der Waals surface area contributed by atoms with Gasteiger partial charge in [-0.05, 0) is 42.8 Å². The minimum Gasteiger partial charge on any atom is -0.487 e. The first-order valence-corrected chi connectivity index (χ1v) is 10.1. The van der Waals surface area contributed by atoms with Crippen molar-refractivity contribution in [3.63, 3.8) is 0 Å². The summed E-state index contributed by atoms with van der Waals surface area (Å²) in [6, 6.07) is 24.5. The van der Waals surface area contributed by atoms with E-state index in [2.05, 4.69) is 46.1 Å². The Morgan fingerprint density at radius 1 is 0.833 bits per heavy atom. The molecule has 0 radical (unpaired) electrons. The molecular formula is C25H22N4O. The molecule has 1 aliphatic rings. The molecule has 0 amide bonds. The lowest BCUT2D eigenvalue weighted by Gasteiger charge is -2.36. The summed E-state index contributed by atoms with van der Waals surface area (Å²) in [7, 11) is 0. The molecule has 1 atom stereocenters. The summed E-state index contributed by atoms with van der Waals surface area (Å²) in [5.41, 5.74) is 4.68. The van der Waals surface area contributed by atoms with Crippen LogP contribution in [0.5, 0.6) is 5.75 Å². The number of benzene rings is 1. The first-order valence-electron chi connectivity index (χ1n) is 10.1. The molecule has 5 rings (SSSR count). The van der Waals surface area contributed by atoms with Gasteiger partial charge in [-0.1, -0.05) is 42.5 Å². The van der Waals surface area contributed by atoms with Crippen LogP contribution in [0.3, 0.4) is 0 Å². The second kappa shape index (κ2) is 7.95. The monoisotopic (exact) mass is 394 g/mol. The maximum atomic E-state index is 6.15. The van der Waals surface area contributed by atoms with Crippen LogP contribution in [0.1, 0.15) is 18.5 Å². The molecule has 148 valence electrons. The van der Waals surface area contributed by atoms with Gasteiger partial charge in [-0.25, -0.2) is 4.98 Å². The molecular weight excluding hydrogens is 372 g/mol. The van der Waals surface area contributed by atoms with E-state index in [4.69, 9.17) is 9.72 Å². The van der Waals surface area contributed by atoms with Crippen LogP contribution in [0, 0.1) is 0 Å². The van der Waals surface area contributed by atoms with Crippen LogP contribution in [0.25, 0.3) is 22.6 Å². The van der Waals surface area contributed by atoms with E-state index in [1.807, 2.05) is 48.5 Å².